The Bertz CT molecular complexity index is 215. The summed E-state index contributed by atoms with van der Waals surface area (Å²) in [7, 11) is 0. The molecule has 0 aromatic carbocycles. The minimum absolute atomic E-state index is 0.0275. The number of hydrazine groups is 1. The van der Waals surface area contributed by atoms with Gasteiger partial charge in [-0.05, 0) is 19.8 Å². The van der Waals surface area contributed by atoms with Crippen LogP contribution in [0, 0.1) is 0 Å². The minimum atomic E-state index is -0.574. The zero-order chi connectivity index (χ0) is 9.84. The van der Waals surface area contributed by atoms with Crippen LogP contribution >= 0.6 is 0 Å². The van der Waals surface area contributed by atoms with Crippen molar-refractivity contribution in [2.75, 3.05) is 6.54 Å². The van der Waals surface area contributed by atoms with E-state index in [1.54, 1.807) is 6.92 Å². The maximum absolute atomic E-state index is 11.2. The van der Waals surface area contributed by atoms with E-state index in [-0.39, 0.29) is 11.8 Å². The maximum atomic E-state index is 11.2. The first-order chi connectivity index (χ1) is 6.11. The summed E-state index contributed by atoms with van der Waals surface area (Å²) < 4.78 is 0. The molecular weight excluding hydrogens is 170 g/mol. The monoisotopic (exact) mass is 185 g/mol. The van der Waals surface area contributed by atoms with Crippen molar-refractivity contribution in [2.45, 2.75) is 32.2 Å². The molecule has 1 fully saturated rings. The molecular formula is C8H15N3O2. The van der Waals surface area contributed by atoms with E-state index in [0.29, 0.717) is 13.0 Å². The molecule has 2 amide bonds. The molecule has 0 spiro atoms. The quantitative estimate of drug-likeness (QED) is 0.602. The van der Waals surface area contributed by atoms with Crippen LogP contribution in [0.25, 0.3) is 0 Å². The Hall–Kier alpha value is -1.10. The summed E-state index contributed by atoms with van der Waals surface area (Å²) >= 11 is 0. The van der Waals surface area contributed by atoms with Crippen LogP contribution < -0.4 is 11.2 Å². The highest BCUT2D eigenvalue weighted by molar-refractivity contribution is 5.85. The molecule has 1 atom stereocenters. The predicted molar refractivity (Wildman–Crippen MR) is 47.4 cm³/mol. The summed E-state index contributed by atoms with van der Waals surface area (Å²) in [4.78, 5) is 22.3. The predicted octanol–water partition coefficient (Wildman–Crippen LogP) is -0.623. The van der Waals surface area contributed by atoms with E-state index in [4.69, 9.17) is 5.73 Å². The number of rotatable bonds is 2. The number of piperidine rings is 1. The third-order valence-electron chi connectivity index (χ3n) is 1.98. The Labute approximate surface area is 77.2 Å². The lowest BCUT2D eigenvalue weighted by atomic mass is 10.1. The lowest BCUT2D eigenvalue weighted by molar-refractivity contribution is -0.143. The van der Waals surface area contributed by atoms with Crippen molar-refractivity contribution in [3.8, 4) is 0 Å². The Kier molecular flexibility index (Phi) is 3.25. The molecule has 0 saturated carbocycles. The Morgan fingerprint density at radius 2 is 2.31 bits per heavy atom. The number of hydrogen-bond donors (Lipinski definition) is 2. The second-order valence-corrected chi connectivity index (χ2v) is 3.27. The van der Waals surface area contributed by atoms with Gasteiger partial charge in [0.15, 0.2) is 0 Å². The van der Waals surface area contributed by atoms with Crippen LogP contribution in [0.2, 0.25) is 0 Å². The van der Waals surface area contributed by atoms with Crippen LogP contribution in [0.5, 0.6) is 0 Å². The Morgan fingerprint density at radius 1 is 1.62 bits per heavy atom. The van der Waals surface area contributed by atoms with Gasteiger partial charge in [-0.1, -0.05) is 0 Å². The van der Waals surface area contributed by atoms with E-state index in [0.717, 1.165) is 12.8 Å². The fourth-order valence-electron chi connectivity index (χ4n) is 1.16. The Balaban J connectivity index is 2.43. The summed E-state index contributed by atoms with van der Waals surface area (Å²) in [5.41, 5.74) is 7.84. The van der Waals surface area contributed by atoms with Gasteiger partial charge < -0.3 is 5.73 Å². The lowest BCUT2D eigenvalue weighted by Gasteiger charge is -2.27. The van der Waals surface area contributed by atoms with E-state index in [1.165, 1.54) is 5.01 Å². The largest absolute Gasteiger partial charge is 0.320 e. The third kappa shape index (κ3) is 2.69. The van der Waals surface area contributed by atoms with Crippen LogP contribution in [-0.2, 0) is 9.59 Å². The summed E-state index contributed by atoms with van der Waals surface area (Å²) in [6.07, 6.45) is 2.35. The maximum Gasteiger partial charge on any atom is 0.255 e. The summed E-state index contributed by atoms with van der Waals surface area (Å²) in [6, 6.07) is -0.574. The third-order valence-corrected chi connectivity index (χ3v) is 1.98. The molecule has 5 nitrogen and oxygen atoms in total. The van der Waals surface area contributed by atoms with Crippen molar-refractivity contribution in [3.05, 3.63) is 0 Å². The van der Waals surface area contributed by atoms with Crippen molar-refractivity contribution in [2.24, 2.45) is 5.73 Å². The van der Waals surface area contributed by atoms with Crippen LogP contribution in [0.4, 0.5) is 0 Å². The van der Waals surface area contributed by atoms with Gasteiger partial charge in [-0.25, -0.2) is 0 Å². The zero-order valence-electron chi connectivity index (χ0n) is 7.75. The number of amides is 2. The van der Waals surface area contributed by atoms with Gasteiger partial charge in [-0.2, -0.15) is 0 Å². The molecule has 74 valence electrons. The standard InChI is InChI=1S/C8H15N3O2/c1-6(9)8(13)10-11-5-3-2-4-7(11)12/h6H,2-5,9H2,1H3,(H,10,13). The van der Waals surface area contributed by atoms with E-state index >= 15 is 0 Å². The van der Waals surface area contributed by atoms with Gasteiger partial charge >= 0.3 is 0 Å². The number of nitrogens with one attached hydrogen (secondary N) is 1. The van der Waals surface area contributed by atoms with Gasteiger partial charge in [0, 0.05) is 13.0 Å². The van der Waals surface area contributed by atoms with Gasteiger partial charge in [0.25, 0.3) is 5.91 Å². The molecule has 1 unspecified atom stereocenters. The highest BCUT2D eigenvalue weighted by atomic mass is 16.2. The van der Waals surface area contributed by atoms with Gasteiger partial charge in [0.2, 0.25) is 5.91 Å². The van der Waals surface area contributed by atoms with Crippen molar-refractivity contribution in [1.29, 1.82) is 0 Å². The van der Waals surface area contributed by atoms with Gasteiger partial charge in [0.05, 0.1) is 6.04 Å². The van der Waals surface area contributed by atoms with Crippen LogP contribution in [0.15, 0.2) is 0 Å². The van der Waals surface area contributed by atoms with Gasteiger partial charge in [0.1, 0.15) is 0 Å². The highest BCUT2D eigenvalue weighted by Gasteiger charge is 2.20. The summed E-state index contributed by atoms with van der Waals surface area (Å²) in [5.74, 6) is -0.337. The molecule has 1 aliphatic rings. The van der Waals surface area contributed by atoms with E-state index in [2.05, 4.69) is 5.43 Å². The molecule has 5 heteroatoms. The van der Waals surface area contributed by atoms with E-state index in [1.807, 2.05) is 0 Å². The van der Waals surface area contributed by atoms with E-state index < -0.39 is 6.04 Å². The molecule has 1 heterocycles. The first-order valence-corrected chi connectivity index (χ1v) is 4.47. The molecule has 0 bridgehead atoms. The van der Waals surface area contributed by atoms with Gasteiger partial charge in [-0.3, -0.25) is 20.0 Å². The molecule has 0 radical (unpaired) electrons. The molecule has 3 N–H and O–H groups in total. The fraction of sp³-hybridized carbons (Fsp3) is 0.750. The number of carbonyl (C=O) groups excluding carboxylic acids is 2. The number of carbonyl (C=O) groups is 2. The van der Waals surface area contributed by atoms with Crippen molar-refractivity contribution in [3.63, 3.8) is 0 Å². The average molecular weight is 185 g/mol. The Morgan fingerprint density at radius 3 is 2.85 bits per heavy atom. The van der Waals surface area contributed by atoms with Gasteiger partial charge in [-0.15, -0.1) is 0 Å². The van der Waals surface area contributed by atoms with Crippen molar-refractivity contribution < 1.29 is 9.59 Å². The first kappa shape index (κ1) is 9.98. The normalized spacial score (nSPS) is 19.8. The number of hydrogen-bond acceptors (Lipinski definition) is 3. The van der Waals surface area contributed by atoms with Crippen LogP contribution in [0.1, 0.15) is 26.2 Å². The van der Waals surface area contributed by atoms with Crippen molar-refractivity contribution in [1.82, 2.24) is 10.4 Å². The van der Waals surface area contributed by atoms with Crippen molar-refractivity contribution >= 4 is 11.8 Å². The molecule has 0 aromatic rings. The fourth-order valence-corrected chi connectivity index (χ4v) is 1.16. The molecule has 0 aliphatic carbocycles. The summed E-state index contributed by atoms with van der Waals surface area (Å²) in [6.45, 7) is 2.18. The topological polar surface area (TPSA) is 75.4 Å². The minimum Gasteiger partial charge on any atom is -0.320 e. The highest BCUT2D eigenvalue weighted by Crippen LogP contribution is 2.07. The second kappa shape index (κ2) is 4.23. The van der Waals surface area contributed by atoms with Crippen LogP contribution in [-0.4, -0.2) is 29.4 Å². The smallest absolute Gasteiger partial charge is 0.255 e. The SMILES string of the molecule is CC(N)C(=O)NN1CCCCC1=O. The first-order valence-electron chi connectivity index (χ1n) is 4.47. The lowest BCUT2D eigenvalue weighted by Crippen LogP contribution is -2.52. The number of nitrogens with two attached hydrogens (primary N) is 1. The molecule has 1 saturated heterocycles. The molecule has 0 aromatic heterocycles. The zero-order valence-corrected chi connectivity index (χ0v) is 7.75. The average Bonchev–Trinajstić information content (AvgIpc) is 2.08. The van der Waals surface area contributed by atoms with E-state index in [9.17, 15) is 9.59 Å². The molecule has 13 heavy (non-hydrogen) atoms. The number of nitrogens with zero attached hydrogens (tertiary/aromatic N) is 1. The summed E-state index contributed by atoms with van der Waals surface area (Å²) in [5, 5.41) is 1.36. The molecule has 1 rings (SSSR count). The van der Waals surface area contributed by atoms with Crippen LogP contribution in [0.3, 0.4) is 0 Å². The molecule has 1 aliphatic heterocycles. The second-order valence-electron chi connectivity index (χ2n) is 3.27.